The fourth-order valence-corrected chi connectivity index (χ4v) is 3.08. The Morgan fingerprint density at radius 3 is 2.79 bits per heavy atom. The van der Waals surface area contributed by atoms with Crippen LogP contribution in [0, 0.1) is 11.8 Å². The number of methoxy groups -OCH3 is 1. The van der Waals surface area contributed by atoms with E-state index in [4.69, 9.17) is 0 Å². The Morgan fingerprint density at radius 1 is 1.25 bits per heavy atom. The number of hydrogen-bond donors (Lipinski definition) is 0. The number of allylic oxidation sites excluding steroid dienone is 1. The smallest absolute Gasteiger partial charge is 0.305 e. The van der Waals surface area contributed by atoms with Crippen LogP contribution in [0.4, 0.5) is 0 Å². The average molecular weight is 381 g/mol. The summed E-state index contributed by atoms with van der Waals surface area (Å²) >= 11 is 0. The molecule has 0 aliphatic carbocycles. The Labute approximate surface area is 166 Å². The molecule has 2 rings (SSSR count). The van der Waals surface area contributed by atoms with Crippen molar-refractivity contribution in [2.24, 2.45) is 0 Å². The predicted octanol–water partition coefficient (Wildman–Crippen LogP) is 3.08. The van der Waals surface area contributed by atoms with Gasteiger partial charge in [0.15, 0.2) is 5.78 Å². The van der Waals surface area contributed by atoms with Crippen LogP contribution < -0.4 is 0 Å². The van der Waals surface area contributed by atoms with Crippen LogP contribution >= 0.6 is 0 Å². The maximum absolute atomic E-state index is 12.3. The van der Waals surface area contributed by atoms with Crippen molar-refractivity contribution in [3.05, 3.63) is 48.0 Å². The average Bonchev–Trinajstić information content (AvgIpc) is 2.70. The SMILES string of the molecule is COC(=O)CCCC#CCN1C(=O)CCCC1/C=C/C(=O)Cc1ccccc1. The molecule has 148 valence electrons. The highest BCUT2D eigenvalue weighted by atomic mass is 16.5. The molecule has 1 amide bonds. The van der Waals surface area contributed by atoms with Gasteiger partial charge in [-0.2, -0.15) is 0 Å². The van der Waals surface area contributed by atoms with Crippen molar-refractivity contribution in [3.8, 4) is 11.8 Å². The highest BCUT2D eigenvalue weighted by molar-refractivity contribution is 5.91. The monoisotopic (exact) mass is 381 g/mol. The van der Waals surface area contributed by atoms with E-state index in [-0.39, 0.29) is 23.7 Å². The molecule has 1 aliphatic heterocycles. The lowest BCUT2D eigenvalue weighted by atomic mass is 10.00. The van der Waals surface area contributed by atoms with Crippen molar-refractivity contribution in [3.63, 3.8) is 0 Å². The number of carbonyl (C=O) groups is 3. The molecule has 1 saturated heterocycles. The molecular formula is C23H27NO4. The summed E-state index contributed by atoms with van der Waals surface area (Å²) in [6.45, 7) is 0.346. The van der Waals surface area contributed by atoms with E-state index in [1.165, 1.54) is 7.11 Å². The van der Waals surface area contributed by atoms with Crippen molar-refractivity contribution >= 4 is 17.7 Å². The summed E-state index contributed by atoms with van der Waals surface area (Å²) in [6, 6.07) is 9.52. The standard InChI is InChI=1S/C23H27NO4/c1-28-23(27)14-7-2-3-8-17-24-20(12-9-13-22(24)26)15-16-21(25)18-19-10-5-4-6-11-19/h4-6,10-11,15-16,20H,2,7,9,12-14,17-18H2,1H3/b16-15+. The van der Waals surface area contributed by atoms with Gasteiger partial charge < -0.3 is 9.64 Å². The van der Waals surface area contributed by atoms with Crippen LogP contribution in [-0.2, 0) is 25.5 Å². The van der Waals surface area contributed by atoms with Gasteiger partial charge in [-0.1, -0.05) is 42.3 Å². The molecule has 1 unspecified atom stereocenters. The van der Waals surface area contributed by atoms with Crippen LogP contribution in [0.5, 0.6) is 0 Å². The molecule has 0 saturated carbocycles. The number of ether oxygens (including phenoxy) is 1. The van der Waals surface area contributed by atoms with Gasteiger partial charge >= 0.3 is 5.97 Å². The fraction of sp³-hybridized carbons (Fsp3) is 0.435. The van der Waals surface area contributed by atoms with Gasteiger partial charge in [-0.3, -0.25) is 14.4 Å². The van der Waals surface area contributed by atoms with E-state index in [0.717, 1.165) is 18.4 Å². The van der Waals surface area contributed by atoms with E-state index in [1.807, 2.05) is 36.4 Å². The maximum Gasteiger partial charge on any atom is 0.305 e. The summed E-state index contributed by atoms with van der Waals surface area (Å²) in [7, 11) is 1.37. The summed E-state index contributed by atoms with van der Waals surface area (Å²) < 4.78 is 4.59. The number of rotatable bonds is 8. The molecule has 5 nitrogen and oxygen atoms in total. The Hall–Kier alpha value is -2.87. The van der Waals surface area contributed by atoms with E-state index in [1.54, 1.807) is 11.0 Å². The number of hydrogen-bond acceptors (Lipinski definition) is 4. The second-order valence-electron chi connectivity index (χ2n) is 6.75. The molecule has 1 aromatic rings. The van der Waals surface area contributed by atoms with Crippen LogP contribution in [0.2, 0.25) is 0 Å². The lowest BCUT2D eigenvalue weighted by molar-refractivity contribution is -0.140. The third kappa shape index (κ3) is 7.40. The number of ketones is 1. The quantitative estimate of drug-likeness (QED) is 0.300. The molecule has 0 aromatic heterocycles. The van der Waals surface area contributed by atoms with Crippen molar-refractivity contribution in [2.45, 2.75) is 51.0 Å². The third-order valence-electron chi connectivity index (χ3n) is 4.62. The van der Waals surface area contributed by atoms with Crippen molar-refractivity contribution < 1.29 is 19.1 Å². The van der Waals surface area contributed by atoms with Crippen molar-refractivity contribution in [2.75, 3.05) is 13.7 Å². The Bertz CT molecular complexity index is 758. The van der Waals surface area contributed by atoms with E-state index < -0.39 is 0 Å². The number of unbranched alkanes of at least 4 members (excludes halogenated alkanes) is 1. The van der Waals surface area contributed by atoms with Crippen LogP contribution in [0.25, 0.3) is 0 Å². The largest absolute Gasteiger partial charge is 0.469 e. The zero-order valence-electron chi connectivity index (χ0n) is 16.4. The highest BCUT2D eigenvalue weighted by Gasteiger charge is 2.25. The highest BCUT2D eigenvalue weighted by Crippen LogP contribution is 2.19. The van der Waals surface area contributed by atoms with Gasteiger partial charge in [-0.15, -0.1) is 5.92 Å². The van der Waals surface area contributed by atoms with Gasteiger partial charge in [0.05, 0.1) is 19.7 Å². The molecule has 1 heterocycles. The maximum atomic E-state index is 12.3. The second kappa shape index (κ2) is 11.8. The predicted molar refractivity (Wildman–Crippen MR) is 107 cm³/mol. The second-order valence-corrected chi connectivity index (χ2v) is 6.75. The molecule has 0 bridgehead atoms. The number of benzene rings is 1. The van der Waals surface area contributed by atoms with Gasteiger partial charge in [-0.25, -0.2) is 0 Å². The molecule has 28 heavy (non-hydrogen) atoms. The number of piperidine rings is 1. The number of amides is 1. The number of likely N-dealkylation sites (tertiary alicyclic amines) is 1. The molecule has 0 spiro atoms. The first-order valence-electron chi connectivity index (χ1n) is 9.67. The summed E-state index contributed by atoms with van der Waals surface area (Å²) in [5.41, 5.74) is 0.978. The topological polar surface area (TPSA) is 63.7 Å². The Morgan fingerprint density at radius 2 is 2.04 bits per heavy atom. The van der Waals surface area contributed by atoms with Crippen molar-refractivity contribution in [1.29, 1.82) is 0 Å². The number of esters is 1. The summed E-state index contributed by atoms with van der Waals surface area (Å²) in [4.78, 5) is 37.3. The molecule has 0 radical (unpaired) electrons. The summed E-state index contributed by atoms with van der Waals surface area (Å²) in [5.74, 6) is 5.89. The molecule has 5 heteroatoms. The third-order valence-corrected chi connectivity index (χ3v) is 4.62. The molecule has 1 fully saturated rings. The molecule has 1 aliphatic rings. The van der Waals surface area contributed by atoms with Crippen LogP contribution in [0.1, 0.15) is 44.1 Å². The fourth-order valence-electron chi connectivity index (χ4n) is 3.08. The number of nitrogens with zero attached hydrogens (tertiary/aromatic N) is 1. The van der Waals surface area contributed by atoms with Crippen LogP contribution in [0.15, 0.2) is 42.5 Å². The number of carbonyl (C=O) groups excluding carboxylic acids is 3. The van der Waals surface area contributed by atoms with E-state index in [9.17, 15) is 14.4 Å². The first-order chi connectivity index (χ1) is 13.6. The minimum absolute atomic E-state index is 0.0260. The zero-order chi connectivity index (χ0) is 20.2. The van der Waals surface area contributed by atoms with E-state index in [2.05, 4.69) is 16.6 Å². The molecule has 1 atom stereocenters. The lowest BCUT2D eigenvalue weighted by Gasteiger charge is -2.32. The minimum Gasteiger partial charge on any atom is -0.469 e. The first-order valence-corrected chi connectivity index (χ1v) is 9.67. The Balaban J connectivity index is 1.86. The Kier molecular flexibility index (Phi) is 9.00. The van der Waals surface area contributed by atoms with Crippen molar-refractivity contribution in [1.82, 2.24) is 4.90 Å². The normalized spacial score (nSPS) is 16.5. The van der Waals surface area contributed by atoms with E-state index in [0.29, 0.717) is 38.6 Å². The van der Waals surface area contributed by atoms with Gasteiger partial charge in [0, 0.05) is 25.7 Å². The lowest BCUT2D eigenvalue weighted by Crippen LogP contribution is -2.42. The van der Waals surface area contributed by atoms with Gasteiger partial charge in [-0.05, 0) is 30.9 Å². The van der Waals surface area contributed by atoms with E-state index >= 15 is 0 Å². The van der Waals surface area contributed by atoms with Gasteiger partial charge in [0.25, 0.3) is 0 Å². The van der Waals surface area contributed by atoms with Gasteiger partial charge in [0.2, 0.25) is 5.91 Å². The summed E-state index contributed by atoms with van der Waals surface area (Å²) in [6.07, 6.45) is 7.55. The minimum atomic E-state index is -0.238. The molecular weight excluding hydrogens is 354 g/mol. The molecule has 1 aromatic carbocycles. The van der Waals surface area contributed by atoms with Crippen LogP contribution in [-0.4, -0.2) is 42.3 Å². The molecule has 0 N–H and O–H groups in total. The van der Waals surface area contributed by atoms with Gasteiger partial charge in [0.1, 0.15) is 0 Å². The first kappa shape index (κ1) is 21.4. The zero-order valence-corrected chi connectivity index (χ0v) is 16.4. The summed E-state index contributed by atoms with van der Waals surface area (Å²) in [5, 5.41) is 0. The van der Waals surface area contributed by atoms with Crippen LogP contribution in [0.3, 0.4) is 0 Å².